The lowest BCUT2D eigenvalue weighted by Gasteiger charge is -2.17. The molecule has 0 atom stereocenters. The van der Waals surface area contributed by atoms with E-state index in [1.54, 1.807) is 22.7 Å². The van der Waals surface area contributed by atoms with Gasteiger partial charge in [-0.25, -0.2) is 9.97 Å². The number of rotatable bonds is 4. The standard InChI is InChI=1S/C30H18N4S2/c1-2-8-20-19(7-1)29(25-13-5-11-23(33-25)27-15-31-17-35-27)21-9-3-4-10-22(21)30(20)26-14-6-12-24(34-26)28-16-32-18-36-28/h1-18H. The van der Waals surface area contributed by atoms with Crippen molar-refractivity contribution in [1.82, 2.24) is 19.9 Å². The molecule has 0 spiro atoms. The molecule has 0 radical (unpaired) electrons. The van der Waals surface area contributed by atoms with Crippen LogP contribution >= 0.6 is 22.7 Å². The van der Waals surface area contributed by atoms with E-state index in [0.717, 1.165) is 65.2 Å². The van der Waals surface area contributed by atoms with Gasteiger partial charge in [0, 0.05) is 23.5 Å². The Morgan fingerprint density at radius 3 is 1.17 bits per heavy atom. The lowest BCUT2D eigenvalue weighted by atomic mass is 9.88. The summed E-state index contributed by atoms with van der Waals surface area (Å²) in [5.74, 6) is 0. The van der Waals surface area contributed by atoms with Crippen LogP contribution in [-0.4, -0.2) is 19.9 Å². The molecule has 0 bridgehead atoms. The fraction of sp³-hybridized carbons (Fsp3) is 0. The summed E-state index contributed by atoms with van der Waals surface area (Å²) in [5.41, 5.74) is 9.73. The monoisotopic (exact) mass is 498 g/mol. The van der Waals surface area contributed by atoms with E-state index < -0.39 is 0 Å². The molecule has 0 aliphatic rings. The Kier molecular flexibility index (Phi) is 5.12. The van der Waals surface area contributed by atoms with Crippen LogP contribution in [0.5, 0.6) is 0 Å². The largest absolute Gasteiger partial charge is 0.252 e. The molecule has 7 aromatic rings. The molecule has 4 heterocycles. The first kappa shape index (κ1) is 21.1. The molecule has 170 valence electrons. The molecule has 0 aliphatic heterocycles. The van der Waals surface area contributed by atoms with E-state index in [1.807, 2.05) is 35.5 Å². The quantitative estimate of drug-likeness (QED) is 0.229. The van der Waals surface area contributed by atoms with Gasteiger partial charge < -0.3 is 0 Å². The van der Waals surface area contributed by atoms with E-state index >= 15 is 0 Å². The Balaban J connectivity index is 1.54. The maximum Gasteiger partial charge on any atom is 0.0825 e. The number of benzene rings is 3. The highest BCUT2D eigenvalue weighted by atomic mass is 32.1. The third kappa shape index (κ3) is 3.50. The van der Waals surface area contributed by atoms with E-state index in [-0.39, 0.29) is 0 Å². The van der Waals surface area contributed by atoms with Crippen molar-refractivity contribution in [1.29, 1.82) is 0 Å². The zero-order chi connectivity index (χ0) is 23.9. The van der Waals surface area contributed by atoms with E-state index in [1.165, 1.54) is 0 Å². The first-order valence-electron chi connectivity index (χ1n) is 11.5. The molecule has 6 heteroatoms. The Morgan fingerprint density at radius 1 is 0.417 bits per heavy atom. The topological polar surface area (TPSA) is 51.6 Å². The smallest absolute Gasteiger partial charge is 0.0825 e. The van der Waals surface area contributed by atoms with Gasteiger partial charge in [-0.15, -0.1) is 22.7 Å². The van der Waals surface area contributed by atoms with Gasteiger partial charge in [-0.3, -0.25) is 9.97 Å². The predicted octanol–water partition coefficient (Wildman–Crippen LogP) is 8.36. The summed E-state index contributed by atoms with van der Waals surface area (Å²) < 4.78 is 0. The maximum absolute atomic E-state index is 5.09. The van der Waals surface area contributed by atoms with E-state index in [4.69, 9.17) is 9.97 Å². The van der Waals surface area contributed by atoms with Crippen LogP contribution in [0.2, 0.25) is 0 Å². The van der Waals surface area contributed by atoms with Crippen molar-refractivity contribution in [3.05, 3.63) is 108 Å². The lowest BCUT2D eigenvalue weighted by molar-refractivity contribution is 1.33. The van der Waals surface area contributed by atoms with Gasteiger partial charge in [-0.2, -0.15) is 0 Å². The lowest BCUT2D eigenvalue weighted by Crippen LogP contribution is -1.94. The van der Waals surface area contributed by atoms with Crippen LogP contribution in [0.3, 0.4) is 0 Å². The molecule has 0 saturated heterocycles. The number of thiazole rings is 2. The highest BCUT2D eigenvalue weighted by Gasteiger charge is 2.18. The summed E-state index contributed by atoms with van der Waals surface area (Å²) in [6.07, 6.45) is 3.75. The number of hydrogen-bond acceptors (Lipinski definition) is 6. The molecule has 0 fully saturated rings. The minimum atomic E-state index is 0.936. The Labute approximate surface area is 215 Å². The fourth-order valence-electron chi connectivity index (χ4n) is 4.79. The van der Waals surface area contributed by atoms with Gasteiger partial charge in [0.1, 0.15) is 0 Å². The van der Waals surface area contributed by atoms with Crippen molar-refractivity contribution in [3.63, 3.8) is 0 Å². The fourth-order valence-corrected chi connectivity index (χ4v) is 5.97. The summed E-state index contributed by atoms with van der Waals surface area (Å²) in [5, 5.41) is 4.63. The normalized spacial score (nSPS) is 11.3. The first-order valence-corrected chi connectivity index (χ1v) is 13.3. The van der Waals surface area contributed by atoms with Crippen molar-refractivity contribution in [3.8, 4) is 43.7 Å². The SMILES string of the molecule is c1cc(-c2cncs2)nc(-c2c3ccccc3c(-c3cccc(-c4cncs4)n3)c3ccccc23)c1. The van der Waals surface area contributed by atoms with Crippen LogP contribution in [0.4, 0.5) is 0 Å². The number of pyridine rings is 2. The van der Waals surface area contributed by atoms with Crippen LogP contribution in [0.25, 0.3) is 65.2 Å². The third-order valence-electron chi connectivity index (χ3n) is 6.31. The number of hydrogen-bond donors (Lipinski definition) is 0. The molecule has 0 amide bonds. The number of nitrogens with zero attached hydrogens (tertiary/aromatic N) is 4. The van der Waals surface area contributed by atoms with Crippen LogP contribution in [0.15, 0.2) is 108 Å². The van der Waals surface area contributed by atoms with Gasteiger partial charge in [0.05, 0.1) is 43.6 Å². The summed E-state index contributed by atoms with van der Waals surface area (Å²) in [6, 6.07) is 29.6. The van der Waals surface area contributed by atoms with Gasteiger partial charge in [0.2, 0.25) is 0 Å². The number of aromatic nitrogens is 4. The maximum atomic E-state index is 5.09. The van der Waals surface area contributed by atoms with E-state index in [0.29, 0.717) is 0 Å². The van der Waals surface area contributed by atoms with Gasteiger partial charge in [0.15, 0.2) is 0 Å². The second-order valence-electron chi connectivity index (χ2n) is 8.39. The number of fused-ring (bicyclic) bond motifs is 2. The first-order chi connectivity index (χ1) is 17.9. The molecule has 7 rings (SSSR count). The molecule has 0 saturated carbocycles. The molecule has 0 aliphatic carbocycles. The second-order valence-corrected chi connectivity index (χ2v) is 10.2. The molecule has 0 unspecified atom stereocenters. The van der Waals surface area contributed by atoms with Crippen LogP contribution in [0, 0.1) is 0 Å². The van der Waals surface area contributed by atoms with Gasteiger partial charge in [-0.05, 0) is 45.8 Å². The average Bonchev–Trinajstić information content (AvgIpc) is 3.67. The van der Waals surface area contributed by atoms with E-state index in [2.05, 4.69) is 82.8 Å². The Bertz CT molecular complexity index is 1650. The van der Waals surface area contributed by atoms with Crippen LogP contribution in [0.1, 0.15) is 0 Å². The van der Waals surface area contributed by atoms with Gasteiger partial charge in [-0.1, -0.05) is 60.7 Å². The third-order valence-corrected chi connectivity index (χ3v) is 7.90. The summed E-state index contributed by atoms with van der Waals surface area (Å²) in [4.78, 5) is 20.8. The average molecular weight is 499 g/mol. The van der Waals surface area contributed by atoms with Crippen molar-refractivity contribution in [2.75, 3.05) is 0 Å². The zero-order valence-corrected chi connectivity index (χ0v) is 20.6. The molecule has 3 aromatic carbocycles. The highest BCUT2D eigenvalue weighted by Crippen LogP contribution is 2.43. The van der Waals surface area contributed by atoms with Crippen molar-refractivity contribution < 1.29 is 0 Å². The second kappa shape index (κ2) is 8.75. The summed E-state index contributed by atoms with van der Waals surface area (Å²) in [7, 11) is 0. The molecule has 0 N–H and O–H groups in total. The zero-order valence-electron chi connectivity index (χ0n) is 19.0. The Hall–Kier alpha value is -4.26. The van der Waals surface area contributed by atoms with Crippen LogP contribution in [-0.2, 0) is 0 Å². The molecule has 4 aromatic heterocycles. The molecule has 4 nitrogen and oxygen atoms in total. The van der Waals surface area contributed by atoms with E-state index in [9.17, 15) is 0 Å². The van der Waals surface area contributed by atoms with Gasteiger partial charge >= 0.3 is 0 Å². The Morgan fingerprint density at radius 2 is 0.806 bits per heavy atom. The molecule has 36 heavy (non-hydrogen) atoms. The van der Waals surface area contributed by atoms with Crippen molar-refractivity contribution in [2.24, 2.45) is 0 Å². The molecular weight excluding hydrogens is 480 g/mol. The highest BCUT2D eigenvalue weighted by molar-refractivity contribution is 7.13. The summed E-state index contributed by atoms with van der Waals surface area (Å²) >= 11 is 3.20. The molecular formula is C30H18N4S2. The van der Waals surface area contributed by atoms with Crippen molar-refractivity contribution >= 4 is 44.2 Å². The minimum Gasteiger partial charge on any atom is -0.252 e. The predicted molar refractivity (Wildman–Crippen MR) is 150 cm³/mol. The minimum absolute atomic E-state index is 0.936. The van der Waals surface area contributed by atoms with Gasteiger partial charge in [0.25, 0.3) is 0 Å². The van der Waals surface area contributed by atoms with Crippen LogP contribution < -0.4 is 0 Å². The van der Waals surface area contributed by atoms with Crippen molar-refractivity contribution in [2.45, 2.75) is 0 Å². The summed E-state index contributed by atoms with van der Waals surface area (Å²) in [6.45, 7) is 0.